The first kappa shape index (κ1) is 13.8. The molecule has 1 aliphatic rings. The van der Waals surface area contributed by atoms with Crippen molar-refractivity contribution in [3.05, 3.63) is 34.6 Å². The lowest BCUT2D eigenvalue weighted by Crippen LogP contribution is -2.22. The van der Waals surface area contributed by atoms with Crippen LogP contribution in [0.25, 0.3) is 0 Å². The predicted octanol–water partition coefficient (Wildman–Crippen LogP) is 3.53. The van der Waals surface area contributed by atoms with Gasteiger partial charge in [0.1, 0.15) is 5.82 Å². The van der Waals surface area contributed by atoms with E-state index in [2.05, 4.69) is 5.32 Å². The molecule has 1 saturated carbocycles. The van der Waals surface area contributed by atoms with Gasteiger partial charge in [-0.2, -0.15) is 0 Å². The van der Waals surface area contributed by atoms with Gasteiger partial charge < -0.3 is 10.1 Å². The van der Waals surface area contributed by atoms with E-state index in [1.54, 1.807) is 18.2 Å². The second kappa shape index (κ2) is 7.07. The maximum Gasteiger partial charge on any atom is 0.146 e. The van der Waals surface area contributed by atoms with Crippen LogP contribution in [0, 0.1) is 5.82 Å². The fraction of sp³-hybridized carbons (Fsp3) is 0.571. The number of halogens is 2. The molecule has 1 aromatic carbocycles. The highest BCUT2D eigenvalue weighted by Crippen LogP contribution is 2.20. The maximum absolute atomic E-state index is 13.6. The molecule has 0 atom stereocenters. The van der Waals surface area contributed by atoms with Gasteiger partial charge in [-0.25, -0.2) is 4.39 Å². The normalized spacial score (nSPS) is 16.3. The summed E-state index contributed by atoms with van der Waals surface area (Å²) in [5.41, 5.74) is 0.600. The van der Waals surface area contributed by atoms with Gasteiger partial charge in [0.2, 0.25) is 0 Å². The van der Waals surface area contributed by atoms with Crippen molar-refractivity contribution in [2.24, 2.45) is 0 Å². The molecule has 18 heavy (non-hydrogen) atoms. The van der Waals surface area contributed by atoms with Crippen molar-refractivity contribution in [1.29, 1.82) is 0 Å². The van der Waals surface area contributed by atoms with Gasteiger partial charge in [-0.15, -0.1) is 0 Å². The average molecular weight is 272 g/mol. The highest BCUT2D eigenvalue weighted by atomic mass is 35.5. The van der Waals surface area contributed by atoms with Crippen LogP contribution in [0.4, 0.5) is 4.39 Å². The van der Waals surface area contributed by atoms with Crippen molar-refractivity contribution in [3.63, 3.8) is 0 Å². The van der Waals surface area contributed by atoms with Gasteiger partial charge in [-0.1, -0.05) is 36.6 Å². The van der Waals surface area contributed by atoms with Gasteiger partial charge in [-0.3, -0.25) is 0 Å². The molecule has 0 heterocycles. The molecule has 2 nitrogen and oxygen atoms in total. The van der Waals surface area contributed by atoms with E-state index in [0.29, 0.717) is 24.8 Å². The Morgan fingerprint density at radius 1 is 1.33 bits per heavy atom. The second-order valence-corrected chi connectivity index (χ2v) is 5.07. The molecule has 4 heteroatoms. The van der Waals surface area contributed by atoms with Crippen LogP contribution in [0.5, 0.6) is 0 Å². The predicted molar refractivity (Wildman–Crippen MR) is 71.3 cm³/mol. The summed E-state index contributed by atoms with van der Waals surface area (Å²) in [6, 6.07) is 5.06. The molecule has 0 aromatic heterocycles. The molecule has 1 aliphatic carbocycles. The van der Waals surface area contributed by atoms with Crippen LogP contribution in [0.15, 0.2) is 18.2 Å². The molecule has 0 bridgehead atoms. The van der Waals surface area contributed by atoms with E-state index in [4.69, 9.17) is 16.3 Å². The van der Waals surface area contributed by atoms with Crippen molar-refractivity contribution in [1.82, 2.24) is 5.32 Å². The van der Waals surface area contributed by atoms with Crippen LogP contribution in [-0.2, 0) is 11.3 Å². The summed E-state index contributed by atoms with van der Waals surface area (Å²) < 4.78 is 19.3. The number of rotatable bonds is 6. The van der Waals surface area contributed by atoms with Crippen LogP contribution in [0.3, 0.4) is 0 Å². The number of nitrogens with one attached hydrogen (secondary N) is 1. The third-order valence-electron chi connectivity index (χ3n) is 3.28. The molecule has 1 fully saturated rings. The van der Waals surface area contributed by atoms with Crippen molar-refractivity contribution in [2.75, 3.05) is 13.2 Å². The van der Waals surface area contributed by atoms with Crippen molar-refractivity contribution in [2.45, 2.75) is 38.3 Å². The molecular formula is C14H19ClFNO. The minimum Gasteiger partial charge on any atom is -0.377 e. The first-order valence-electron chi connectivity index (χ1n) is 6.52. The van der Waals surface area contributed by atoms with Crippen molar-refractivity contribution >= 4 is 11.6 Å². The van der Waals surface area contributed by atoms with Gasteiger partial charge in [0, 0.05) is 18.7 Å². The zero-order chi connectivity index (χ0) is 12.8. The lowest BCUT2D eigenvalue weighted by molar-refractivity contribution is 0.0602. The van der Waals surface area contributed by atoms with Gasteiger partial charge in [0.15, 0.2) is 0 Å². The molecule has 0 amide bonds. The maximum atomic E-state index is 13.6. The molecule has 2 rings (SSSR count). The molecule has 100 valence electrons. The molecule has 0 spiro atoms. The fourth-order valence-electron chi connectivity index (χ4n) is 2.26. The van der Waals surface area contributed by atoms with Crippen LogP contribution >= 0.6 is 11.6 Å². The summed E-state index contributed by atoms with van der Waals surface area (Å²) in [6.45, 7) is 1.91. The molecular weight excluding hydrogens is 253 g/mol. The standard InChI is InChI=1S/C14H19ClFNO/c15-13-7-3-4-11(14(13)16)10-17-8-9-18-12-5-1-2-6-12/h3-4,7,12,17H,1-2,5-6,8-10H2. The summed E-state index contributed by atoms with van der Waals surface area (Å²) in [5, 5.41) is 3.35. The van der Waals surface area contributed by atoms with Gasteiger partial charge >= 0.3 is 0 Å². The Labute approximate surface area is 112 Å². The molecule has 1 aromatic rings. The average Bonchev–Trinajstić information content (AvgIpc) is 2.87. The topological polar surface area (TPSA) is 21.3 Å². The molecule has 0 aliphatic heterocycles. The Morgan fingerprint density at radius 2 is 2.11 bits per heavy atom. The SMILES string of the molecule is Fc1c(Cl)cccc1CNCCOC1CCCC1. The fourth-order valence-corrected chi connectivity index (χ4v) is 2.45. The summed E-state index contributed by atoms with van der Waals surface area (Å²) in [7, 11) is 0. The number of benzene rings is 1. The zero-order valence-corrected chi connectivity index (χ0v) is 11.2. The monoisotopic (exact) mass is 271 g/mol. The van der Waals surface area contributed by atoms with Crippen LogP contribution in [0.2, 0.25) is 5.02 Å². The van der Waals surface area contributed by atoms with E-state index in [1.807, 2.05) is 0 Å². The van der Waals surface area contributed by atoms with Gasteiger partial charge in [-0.05, 0) is 18.9 Å². The summed E-state index contributed by atoms with van der Waals surface area (Å²) in [4.78, 5) is 0. The first-order chi connectivity index (χ1) is 8.77. The highest BCUT2D eigenvalue weighted by Gasteiger charge is 2.14. The summed E-state index contributed by atoms with van der Waals surface area (Å²) >= 11 is 5.71. The number of ether oxygens (including phenoxy) is 1. The van der Waals surface area contributed by atoms with E-state index in [0.717, 1.165) is 6.54 Å². The molecule has 0 unspecified atom stereocenters. The van der Waals surface area contributed by atoms with Gasteiger partial charge in [0.05, 0.1) is 17.7 Å². The highest BCUT2D eigenvalue weighted by molar-refractivity contribution is 6.30. The van der Waals surface area contributed by atoms with Crippen molar-refractivity contribution in [3.8, 4) is 0 Å². The van der Waals surface area contributed by atoms with E-state index >= 15 is 0 Å². The Balaban J connectivity index is 1.64. The van der Waals surface area contributed by atoms with E-state index < -0.39 is 0 Å². The van der Waals surface area contributed by atoms with Crippen LogP contribution in [0.1, 0.15) is 31.2 Å². The van der Waals surface area contributed by atoms with Crippen molar-refractivity contribution < 1.29 is 9.13 Å². The zero-order valence-electron chi connectivity index (χ0n) is 10.4. The van der Waals surface area contributed by atoms with E-state index in [1.165, 1.54) is 25.7 Å². The minimum absolute atomic E-state index is 0.177. The molecule has 1 N–H and O–H groups in total. The van der Waals surface area contributed by atoms with E-state index in [-0.39, 0.29) is 10.8 Å². The van der Waals surface area contributed by atoms with Crippen LogP contribution < -0.4 is 5.32 Å². The lowest BCUT2D eigenvalue weighted by Gasteiger charge is -2.11. The third-order valence-corrected chi connectivity index (χ3v) is 3.57. The quantitative estimate of drug-likeness (QED) is 0.799. The Morgan fingerprint density at radius 3 is 2.89 bits per heavy atom. The van der Waals surface area contributed by atoms with E-state index in [9.17, 15) is 4.39 Å². The Hall–Kier alpha value is -0.640. The third kappa shape index (κ3) is 3.94. The van der Waals surface area contributed by atoms with Gasteiger partial charge in [0.25, 0.3) is 0 Å². The lowest BCUT2D eigenvalue weighted by atomic mass is 10.2. The Kier molecular flexibility index (Phi) is 5.42. The number of hydrogen-bond acceptors (Lipinski definition) is 2. The smallest absolute Gasteiger partial charge is 0.146 e. The second-order valence-electron chi connectivity index (χ2n) is 4.67. The Bertz CT molecular complexity index is 380. The minimum atomic E-state index is -0.330. The largest absolute Gasteiger partial charge is 0.377 e. The molecule has 0 saturated heterocycles. The number of hydrogen-bond donors (Lipinski definition) is 1. The van der Waals surface area contributed by atoms with Crippen LogP contribution in [-0.4, -0.2) is 19.3 Å². The summed E-state index contributed by atoms with van der Waals surface area (Å²) in [6.07, 6.45) is 5.37. The molecule has 0 radical (unpaired) electrons. The first-order valence-corrected chi connectivity index (χ1v) is 6.90. The summed E-state index contributed by atoms with van der Waals surface area (Å²) in [5.74, 6) is -0.330.